The summed E-state index contributed by atoms with van der Waals surface area (Å²) in [5.74, 6) is 1.93. The van der Waals surface area contributed by atoms with Gasteiger partial charge in [0.05, 0.1) is 0 Å². The first kappa shape index (κ1) is 11.7. The van der Waals surface area contributed by atoms with E-state index in [1.807, 2.05) is 0 Å². The Hall–Kier alpha value is -0.0800. The molecule has 2 aliphatic carbocycles. The lowest BCUT2D eigenvalue weighted by Crippen LogP contribution is -2.50. The number of hydrogen-bond donors (Lipinski definition) is 0. The van der Waals surface area contributed by atoms with Gasteiger partial charge < -0.3 is 9.80 Å². The molecule has 0 radical (unpaired) electrons. The first-order valence-electron chi connectivity index (χ1n) is 7.84. The summed E-state index contributed by atoms with van der Waals surface area (Å²) in [5, 5.41) is 0. The minimum absolute atomic E-state index is 0.554. The Balaban J connectivity index is 1.51. The molecule has 5 fully saturated rings. The second kappa shape index (κ2) is 3.15. The van der Waals surface area contributed by atoms with E-state index in [4.69, 9.17) is 0 Å². The van der Waals surface area contributed by atoms with Crippen molar-refractivity contribution >= 4 is 0 Å². The largest absolute Gasteiger partial charge is 0.300 e. The lowest BCUT2D eigenvalue weighted by atomic mass is 9.64. The van der Waals surface area contributed by atoms with Gasteiger partial charge in [-0.15, -0.1) is 0 Å². The Labute approximate surface area is 112 Å². The average molecular weight is 248 g/mol. The van der Waals surface area contributed by atoms with Gasteiger partial charge in [-0.25, -0.2) is 0 Å². The van der Waals surface area contributed by atoms with Crippen molar-refractivity contribution in [1.82, 2.24) is 9.80 Å². The zero-order valence-electron chi connectivity index (χ0n) is 12.5. The zero-order chi connectivity index (χ0) is 12.8. The Kier molecular flexibility index (Phi) is 2.05. The molecule has 2 saturated carbocycles. The van der Waals surface area contributed by atoms with Crippen LogP contribution in [-0.4, -0.2) is 48.1 Å². The maximum Gasteiger partial charge on any atom is 0.0241 e. The standard InChI is InChI=1S/C16H28N2/c1-12(16-8-13(9-16)10-18(16)4)7-15-5-6-17(3)14(15,2)11-15/h12-13H,5-11H2,1-4H3. The molecule has 2 heteroatoms. The van der Waals surface area contributed by atoms with Crippen LogP contribution in [0.3, 0.4) is 0 Å². The lowest BCUT2D eigenvalue weighted by molar-refractivity contribution is 0.0469. The SMILES string of the molecule is CC(CC12CCN(C)C1(C)C2)C12CC(CN1C)C2. The van der Waals surface area contributed by atoms with Gasteiger partial charge >= 0.3 is 0 Å². The molecule has 3 atom stereocenters. The van der Waals surface area contributed by atoms with Crippen LogP contribution in [0.1, 0.15) is 46.0 Å². The molecule has 0 amide bonds. The second-order valence-electron chi connectivity index (χ2n) is 8.27. The molecule has 0 aromatic heterocycles. The Morgan fingerprint density at radius 2 is 1.94 bits per heavy atom. The third-order valence-electron chi connectivity index (χ3n) is 7.66. The zero-order valence-corrected chi connectivity index (χ0v) is 12.5. The van der Waals surface area contributed by atoms with Crippen molar-refractivity contribution in [3.05, 3.63) is 0 Å². The highest BCUT2D eigenvalue weighted by atomic mass is 15.3. The molecule has 3 saturated heterocycles. The van der Waals surface area contributed by atoms with Gasteiger partial charge in [0.15, 0.2) is 0 Å². The number of likely N-dealkylation sites (tertiary alicyclic amines) is 1. The third kappa shape index (κ3) is 1.13. The summed E-state index contributed by atoms with van der Waals surface area (Å²) in [6, 6.07) is 0. The Morgan fingerprint density at radius 1 is 1.22 bits per heavy atom. The van der Waals surface area contributed by atoms with Gasteiger partial charge in [0.2, 0.25) is 0 Å². The van der Waals surface area contributed by atoms with Crippen molar-refractivity contribution in [2.24, 2.45) is 17.3 Å². The van der Waals surface area contributed by atoms with Gasteiger partial charge in [-0.1, -0.05) is 6.92 Å². The topological polar surface area (TPSA) is 6.48 Å². The highest BCUT2D eigenvalue weighted by Gasteiger charge is 2.70. The van der Waals surface area contributed by atoms with Gasteiger partial charge in [0, 0.05) is 17.6 Å². The van der Waals surface area contributed by atoms with E-state index in [9.17, 15) is 0 Å². The molecular weight excluding hydrogens is 220 g/mol. The molecule has 0 N–H and O–H groups in total. The van der Waals surface area contributed by atoms with E-state index in [-0.39, 0.29) is 0 Å². The van der Waals surface area contributed by atoms with Crippen LogP contribution in [0.5, 0.6) is 0 Å². The maximum atomic E-state index is 2.69. The highest BCUT2D eigenvalue weighted by Crippen LogP contribution is 2.70. The summed E-state index contributed by atoms with van der Waals surface area (Å²) in [6.45, 7) is 7.75. The fourth-order valence-corrected chi connectivity index (χ4v) is 6.04. The first-order valence-corrected chi connectivity index (χ1v) is 7.84. The molecule has 5 aliphatic rings. The molecular formula is C16H28N2. The molecule has 0 spiro atoms. The van der Waals surface area contributed by atoms with Gasteiger partial charge in [-0.2, -0.15) is 0 Å². The van der Waals surface area contributed by atoms with Crippen molar-refractivity contribution < 1.29 is 0 Å². The molecule has 0 aromatic rings. The molecule has 3 unspecified atom stereocenters. The Bertz CT molecular complexity index is 383. The van der Waals surface area contributed by atoms with E-state index in [1.165, 1.54) is 45.2 Å². The smallest absolute Gasteiger partial charge is 0.0241 e. The molecule has 3 aliphatic heterocycles. The van der Waals surface area contributed by atoms with Crippen LogP contribution in [0.4, 0.5) is 0 Å². The summed E-state index contributed by atoms with van der Waals surface area (Å²) in [4.78, 5) is 5.32. The van der Waals surface area contributed by atoms with Crippen LogP contribution in [0.2, 0.25) is 0 Å². The van der Waals surface area contributed by atoms with Crippen LogP contribution in [0, 0.1) is 17.3 Å². The molecule has 5 rings (SSSR count). The fourth-order valence-electron chi connectivity index (χ4n) is 6.04. The normalized spacial score (nSPS) is 56.3. The van der Waals surface area contributed by atoms with E-state index in [1.54, 1.807) is 0 Å². The maximum absolute atomic E-state index is 2.69. The van der Waals surface area contributed by atoms with E-state index >= 15 is 0 Å². The number of rotatable bonds is 3. The molecule has 2 nitrogen and oxygen atoms in total. The molecule has 2 bridgehead atoms. The molecule has 3 heterocycles. The van der Waals surface area contributed by atoms with Crippen molar-refractivity contribution in [3.63, 3.8) is 0 Å². The van der Waals surface area contributed by atoms with Crippen LogP contribution in [0.25, 0.3) is 0 Å². The number of fused-ring (bicyclic) bond motifs is 2. The second-order valence-corrected chi connectivity index (χ2v) is 8.27. The highest BCUT2D eigenvalue weighted by molar-refractivity contribution is 5.25. The van der Waals surface area contributed by atoms with Gasteiger partial charge in [0.1, 0.15) is 0 Å². The predicted octanol–water partition coefficient (Wildman–Crippen LogP) is 2.59. The van der Waals surface area contributed by atoms with E-state index in [0.717, 1.165) is 11.8 Å². The van der Waals surface area contributed by atoms with Gasteiger partial charge in [-0.05, 0) is 76.9 Å². The van der Waals surface area contributed by atoms with Crippen LogP contribution < -0.4 is 0 Å². The Morgan fingerprint density at radius 3 is 2.39 bits per heavy atom. The number of hydrogen-bond acceptors (Lipinski definition) is 2. The minimum atomic E-state index is 0.554. The number of nitrogens with zero attached hydrogens (tertiary/aromatic N) is 2. The van der Waals surface area contributed by atoms with Crippen molar-refractivity contribution in [2.75, 3.05) is 27.2 Å². The van der Waals surface area contributed by atoms with Crippen LogP contribution in [0.15, 0.2) is 0 Å². The van der Waals surface area contributed by atoms with Crippen LogP contribution in [-0.2, 0) is 0 Å². The van der Waals surface area contributed by atoms with E-state index in [2.05, 4.69) is 37.7 Å². The van der Waals surface area contributed by atoms with E-state index < -0.39 is 0 Å². The predicted molar refractivity (Wildman–Crippen MR) is 74.6 cm³/mol. The fraction of sp³-hybridized carbons (Fsp3) is 1.00. The summed E-state index contributed by atoms with van der Waals surface area (Å²) in [6.07, 6.45) is 7.38. The van der Waals surface area contributed by atoms with E-state index in [0.29, 0.717) is 16.5 Å². The minimum Gasteiger partial charge on any atom is -0.300 e. The van der Waals surface area contributed by atoms with Gasteiger partial charge in [-0.3, -0.25) is 0 Å². The molecule has 0 aromatic carbocycles. The van der Waals surface area contributed by atoms with Crippen molar-refractivity contribution in [2.45, 2.75) is 57.0 Å². The van der Waals surface area contributed by atoms with Gasteiger partial charge in [0.25, 0.3) is 0 Å². The lowest BCUT2D eigenvalue weighted by Gasteiger charge is -2.47. The van der Waals surface area contributed by atoms with Crippen molar-refractivity contribution in [1.29, 1.82) is 0 Å². The summed E-state index contributed by atoms with van der Waals surface area (Å²) in [7, 11) is 4.70. The first-order chi connectivity index (χ1) is 8.42. The summed E-state index contributed by atoms with van der Waals surface area (Å²) < 4.78 is 0. The quantitative estimate of drug-likeness (QED) is 0.757. The third-order valence-corrected chi connectivity index (χ3v) is 7.66. The number of piperidine rings is 1. The van der Waals surface area contributed by atoms with Crippen molar-refractivity contribution in [3.8, 4) is 0 Å². The summed E-state index contributed by atoms with van der Waals surface area (Å²) >= 11 is 0. The molecule has 18 heavy (non-hydrogen) atoms. The molecule has 102 valence electrons. The summed E-state index contributed by atoms with van der Waals surface area (Å²) in [5.41, 5.74) is 1.84. The van der Waals surface area contributed by atoms with Crippen LogP contribution >= 0.6 is 0 Å². The average Bonchev–Trinajstić information content (AvgIpc) is 2.55. The monoisotopic (exact) mass is 248 g/mol.